The standard InChI is InChI=1S/C14H22N2/c15-11-13-7-3-1-2-6-12(13)10-14-8-4-5-9-16-14/h4-5,8-9,12-13H,1-3,6-7,10-11,15H2. The molecule has 2 unspecified atom stereocenters. The first-order valence-electron chi connectivity index (χ1n) is 6.50. The molecule has 1 saturated carbocycles. The van der Waals surface area contributed by atoms with Crippen LogP contribution in [0, 0.1) is 11.8 Å². The fraction of sp³-hybridized carbons (Fsp3) is 0.643. The smallest absolute Gasteiger partial charge is 0.0406 e. The summed E-state index contributed by atoms with van der Waals surface area (Å²) in [5.74, 6) is 1.46. The van der Waals surface area contributed by atoms with Crippen molar-refractivity contribution in [3.05, 3.63) is 30.1 Å². The maximum absolute atomic E-state index is 5.90. The van der Waals surface area contributed by atoms with E-state index in [0.717, 1.165) is 18.9 Å². The maximum atomic E-state index is 5.90. The second-order valence-electron chi connectivity index (χ2n) is 4.92. The zero-order valence-corrected chi connectivity index (χ0v) is 9.94. The van der Waals surface area contributed by atoms with Gasteiger partial charge >= 0.3 is 0 Å². The maximum Gasteiger partial charge on any atom is 0.0406 e. The van der Waals surface area contributed by atoms with E-state index in [1.54, 1.807) is 0 Å². The van der Waals surface area contributed by atoms with Crippen LogP contribution < -0.4 is 5.73 Å². The van der Waals surface area contributed by atoms with Gasteiger partial charge in [0.25, 0.3) is 0 Å². The third-order valence-electron chi connectivity index (χ3n) is 3.82. The van der Waals surface area contributed by atoms with Crippen LogP contribution in [0.2, 0.25) is 0 Å². The molecule has 2 rings (SSSR count). The van der Waals surface area contributed by atoms with E-state index in [4.69, 9.17) is 5.73 Å². The second kappa shape index (κ2) is 6.00. The quantitative estimate of drug-likeness (QED) is 0.792. The van der Waals surface area contributed by atoms with Crippen molar-refractivity contribution in [1.82, 2.24) is 4.98 Å². The minimum Gasteiger partial charge on any atom is -0.330 e. The van der Waals surface area contributed by atoms with Crippen molar-refractivity contribution in [2.45, 2.75) is 38.5 Å². The Hall–Kier alpha value is -0.890. The van der Waals surface area contributed by atoms with Gasteiger partial charge in [0.15, 0.2) is 0 Å². The molecule has 16 heavy (non-hydrogen) atoms. The van der Waals surface area contributed by atoms with Gasteiger partial charge < -0.3 is 5.73 Å². The van der Waals surface area contributed by atoms with Gasteiger partial charge in [-0.05, 0) is 49.8 Å². The van der Waals surface area contributed by atoms with E-state index in [9.17, 15) is 0 Å². The zero-order chi connectivity index (χ0) is 11.2. The van der Waals surface area contributed by atoms with E-state index in [1.807, 2.05) is 12.3 Å². The van der Waals surface area contributed by atoms with E-state index in [1.165, 1.54) is 37.8 Å². The normalized spacial score (nSPS) is 26.3. The summed E-state index contributed by atoms with van der Waals surface area (Å²) in [4.78, 5) is 4.43. The highest BCUT2D eigenvalue weighted by Crippen LogP contribution is 2.30. The highest BCUT2D eigenvalue weighted by molar-refractivity contribution is 5.04. The zero-order valence-electron chi connectivity index (χ0n) is 9.94. The molecular formula is C14H22N2. The largest absolute Gasteiger partial charge is 0.330 e. The summed E-state index contributed by atoms with van der Waals surface area (Å²) in [6.45, 7) is 0.845. The Balaban J connectivity index is 2.00. The number of aromatic nitrogens is 1. The highest BCUT2D eigenvalue weighted by atomic mass is 14.7. The van der Waals surface area contributed by atoms with Gasteiger partial charge in [-0.15, -0.1) is 0 Å². The molecule has 88 valence electrons. The lowest BCUT2D eigenvalue weighted by Gasteiger charge is -2.23. The van der Waals surface area contributed by atoms with Crippen LogP contribution >= 0.6 is 0 Å². The molecule has 2 nitrogen and oxygen atoms in total. The van der Waals surface area contributed by atoms with Gasteiger partial charge in [0.2, 0.25) is 0 Å². The third kappa shape index (κ3) is 3.05. The lowest BCUT2D eigenvalue weighted by molar-refractivity contribution is 0.316. The van der Waals surface area contributed by atoms with Crippen molar-refractivity contribution >= 4 is 0 Å². The summed E-state index contributed by atoms with van der Waals surface area (Å²) in [5.41, 5.74) is 7.13. The topological polar surface area (TPSA) is 38.9 Å². The summed E-state index contributed by atoms with van der Waals surface area (Å²) in [6, 6.07) is 6.20. The average molecular weight is 218 g/mol. The Bertz CT molecular complexity index is 297. The van der Waals surface area contributed by atoms with E-state index < -0.39 is 0 Å². The molecule has 0 spiro atoms. The van der Waals surface area contributed by atoms with Crippen molar-refractivity contribution in [2.24, 2.45) is 17.6 Å². The molecule has 0 amide bonds. The van der Waals surface area contributed by atoms with E-state index in [-0.39, 0.29) is 0 Å². The van der Waals surface area contributed by atoms with Gasteiger partial charge in [0.1, 0.15) is 0 Å². The number of hydrogen-bond donors (Lipinski definition) is 1. The summed E-state index contributed by atoms with van der Waals surface area (Å²) < 4.78 is 0. The van der Waals surface area contributed by atoms with Gasteiger partial charge in [-0.25, -0.2) is 0 Å². The molecule has 1 aliphatic carbocycles. The summed E-state index contributed by atoms with van der Waals surface area (Å²) in [6.07, 6.45) is 9.77. The van der Waals surface area contributed by atoms with Gasteiger partial charge in [0.05, 0.1) is 0 Å². The molecule has 2 atom stereocenters. The molecule has 1 fully saturated rings. The molecular weight excluding hydrogens is 196 g/mol. The van der Waals surface area contributed by atoms with Crippen LogP contribution in [0.5, 0.6) is 0 Å². The van der Waals surface area contributed by atoms with Gasteiger partial charge in [-0.3, -0.25) is 4.98 Å². The Morgan fingerprint density at radius 1 is 1.12 bits per heavy atom. The molecule has 0 aromatic carbocycles. The van der Waals surface area contributed by atoms with Gasteiger partial charge in [-0.2, -0.15) is 0 Å². The van der Waals surface area contributed by atoms with E-state index in [2.05, 4.69) is 17.1 Å². The fourth-order valence-corrected chi connectivity index (χ4v) is 2.83. The Kier molecular flexibility index (Phi) is 4.34. The van der Waals surface area contributed by atoms with E-state index >= 15 is 0 Å². The number of rotatable bonds is 3. The molecule has 1 aromatic heterocycles. The van der Waals surface area contributed by atoms with Crippen molar-refractivity contribution < 1.29 is 0 Å². The summed E-state index contributed by atoms with van der Waals surface area (Å²) in [7, 11) is 0. The highest BCUT2D eigenvalue weighted by Gasteiger charge is 2.22. The third-order valence-corrected chi connectivity index (χ3v) is 3.82. The summed E-state index contributed by atoms with van der Waals surface area (Å²) >= 11 is 0. The average Bonchev–Trinajstić information content (AvgIpc) is 2.55. The molecule has 0 radical (unpaired) electrons. The van der Waals surface area contributed by atoms with Crippen molar-refractivity contribution in [2.75, 3.05) is 6.54 Å². The van der Waals surface area contributed by atoms with Gasteiger partial charge in [-0.1, -0.05) is 25.3 Å². The molecule has 1 aliphatic rings. The van der Waals surface area contributed by atoms with Gasteiger partial charge in [0, 0.05) is 11.9 Å². The van der Waals surface area contributed by atoms with Crippen LogP contribution in [0.3, 0.4) is 0 Å². The van der Waals surface area contributed by atoms with Crippen LogP contribution in [-0.4, -0.2) is 11.5 Å². The molecule has 1 aromatic rings. The number of nitrogens with two attached hydrogens (primary N) is 1. The Morgan fingerprint density at radius 3 is 2.62 bits per heavy atom. The molecule has 0 saturated heterocycles. The molecule has 1 heterocycles. The minimum absolute atomic E-state index is 0.713. The molecule has 0 aliphatic heterocycles. The predicted molar refractivity (Wildman–Crippen MR) is 67.1 cm³/mol. The number of pyridine rings is 1. The van der Waals surface area contributed by atoms with Crippen molar-refractivity contribution in [1.29, 1.82) is 0 Å². The number of hydrogen-bond acceptors (Lipinski definition) is 2. The fourth-order valence-electron chi connectivity index (χ4n) is 2.83. The Morgan fingerprint density at radius 2 is 1.94 bits per heavy atom. The first-order valence-corrected chi connectivity index (χ1v) is 6.50. The SMILES string of the molecule is NCC1CCCCCC1Cc1ccccn1. The van der Waals surface area contributed by atoms with Crippen molar-refractivity contribution in [3.8, 4) is 0 Å². The van der Waals surface area contributed by atoms with Crippen molar-refractivity contribution in [3.63, 3.8) is 0 Å². The predicted octanol–water partition coefficient (Wildman–Crippen LogP) is 2.78. The monoisotopic (exact) mass is 218 g/mol. The minimum atomic E-state index is 0.713. The lowest BCUT2D eigenvalue weighted by atomic mass is 9.84. The van der Waals surface area contributed by atoms with Crippen LogP contribution in [0.4, 0.5) is 0 Å². The van der Waals surface area contributed by atoms with Crippen LogP contribution in [0.1, 0.15) is 37.8 Å². The molecule has 2 heteroatoms. The van der Waals surface area contributed by atoms with Crippen LogP contribution in [0.25, 0.3) is 0 Å². The summed E-state index contributed by atoms with van der Waals surface area (Å²) in [5, 5.41) is 0. The van der Waals surface area contributed by atoms with E-state index in [0.29, 0.717) is 5.92 Å². The molecule has 2 N–H and O–H groups in total. The lowest BCUT2D eigenvalue weighted by Crippen LogP contribution is -2.24. The Labute approximate surface area is 98.3 Å². The van der Waals surface area contributed by atoms with Crippen LogP contribution in [-0.2, 0) is 6.42 Å². The molecule has 0 bridgehead atoms. The number of nitrogens with zero attached hydrogens (tertiary/aromatic N) is 1. The van der Waals surface area contributed by atoms with Crippen LogP contribution in [0.15, 0.2) is 24.4 Å². The second-order valence-corrected chi connectivity index (χ2v) is 4.92. The first-order chi connectivity index (χ1) is 7.90. The first kappa shape index (κ1) is 11.6.